The minimum Gasteiger partial charge on any atom is -0.496 e. The smallest absolute Gasteiger partial charge is 0.407 e. The number of nitrogens with zero attached hydrogens (tertiary/aromatic N) is 2. The number of benzene rings is 1. The summed E-state index contributed by atoms with van der Waals surface area (Å²) in [5.41, 5.74) is -1.22. The van der Waals surface area contributed by atoms with Gasteiger partial charge in [-0.15, -0.1) is 0 Å². The van der Waals surface area contributed by atoms with Crippen molar-refractivity contribution in [1.29, 1.82) is 0 Å². The maximum absolute atomic E-state index is 13.1. The summed E-state index contributed by atoms with van der Waals surface area (Å²) in [5.74, 6) is -1.41. The Hall–Kier alpha value is -4.09. The van der Waals surface area contributed by atoms with Gasteiger partial charge in [0.15, 0.2) is 0 Å². The average Bonchev–Trinajstić information content (AvgIpc) is 2.75. The Morgan fingerprint density at radius 2 is 1.86 bits per heavy atom. The number of carboxylic acids is 1. The van der Waals surface area contributed by atoms with E-state index in [9.17, 15) is 29.1 Å². The van der Waals surface area contributed by atoms with Gasteiger partial charge in [0.05, 0.1) is 13.2 Å². The van der Waals surface area contributed by atoms with E-state index in [1.54, 1.807) is 45.0 Å². The second kappa shape index (κ2) is 12.0. The summed E-state index contributed by atoms with van der Waals surface area (Å²) in [6.45, 7) is 5.21. The number of carbonyl (C=O) groups excluding carboxylic acids is 2. The second-order valence-electron chi connectivity index (χ2n) is 9.23. The van der Waals surface area contributed by atoms with Gasteiger partial charge in [-0.05, 0) is 45.7 Å². The van der Waals surface area contributed by atoms with E-state index in [1.165, 1.54) is 20.2 Å². The molecule has 12 heteroatoms. The number of methoxy groups -OCH3 is 1. The lowest BCUT2D eigenvalue weighted by Gasteiger charge is -2.29. The highest BCUT2D eigenvalue weighted by molar-refractivity contribution is 5.81. The molecule has 0 radical (unpaired) electrons. The molecule has 1 atom stereocenters. The Morgan fingerprint density at radius 3 is 2.47 bits per heavy atom. The monoisotopic (exact) mass is 504 g/mol. The average molecular weight is 505 g/mol. The third kappa shape index (κ3) is 8.60. The number of nitrogens with one attached hydrogen (secondary N) is 2. The van der Waals surface area contributed by atoms with Crippen molar-refractivity contribution in [3.8, 4) is 5.75 Å². The van der Waals surface area contributed by atoms with Crippen molar-refractivity contribution in [2.24, 2.45) is 0 Å². The molecule has 0 saturated heterocycles. The predicted octanol–water partition coefficient (Wildman–Crippen LogP) is 0.903. The molecule has 1 heterocycles. The van der Waals surface area contributed by atoms with Crippen molar-refractivity contribution in [2.75, 3.05) is 20.2 Å². The van der Waals surface area contributed by atoms with E-state index in [0.29, 0.717) is 5.75 Å². The quantitative estimate of drug-likeness (QED) is 0.430. The number of H-pyrrole nitrogens is 1. The molecule has 1 aromatic carbocycles. The van der Waals surface area contributed by atoms with E-state index < -0.39 is 54.0 Å². The van der Waals surface area contributed by atoms with Gasteiger partial charge in [0.1, 0.15) is 24.4 Å². The highest BCUT2D eigenvalue weighted by Crippen LogP contribution is 2.20. The zero-order valence-electron chi connectivity index (χ0n) is 21.0. The van der Waals surface area contributed by atoms with Crippen molar-refractivity contribution in [2.45, 2.75) is 52.3 Å². The molecule has 0 aliphatic rings. The Labute approximate surface area is 207 Å². The maximum Gasteiger partial charge on any atom is 0.407 e. The Morgan fingerprint density at radius 1 is 1.19 bits per heavy atom. The highest BCUT2D eigenvalue weighted by atomic mass is 16.6. The molecule has 0 saturated carbocycles. The summed E-state index contributed by atoms with van der Waals surface area (Å²) < 4.78 is 11.7. The number of ether oxygens (including phenoxy) is 2. The number of alkyl carbamates (subject to hydrolysis) is 1. The molecule has 3 N–H and O–H groups in total. The van der Waals surface area contributed by atoms with E-state index in [0.717, 1.165) is 15.0 Å². The fourth-order valence-electron chi connectivity index (χ4n) is 3.44. The van der Waals surface area contributed by atoms with Gasteiger partial charge in [0, 0.05) is 18.3 Å². The van der Waals surface area contributed by atoms with Crippen molar-refractivity contribution in [3.05, 3.63) is 62.4 Å². The molecule has 12 nitrogen and oxygen atoms in total. The number of hydrogen-bond acceptors (Lipinski definition) is 7. The standard InChI is InChI=1S/C24H32N4O8/c1-15-11-28(22(33)26-21(15)32)13-19(29)27(14-20(30)31)12-17(25-23(34)36-24(2,3)4)10-16-8-6-7-9-18(16)35-5/h6-9,11,17H,10,12-14H2,1-5H3,(H,25,34)(H,30,31)(H,26,32,33). The van der Waals surface area contributed by atoms with Gasteiger partial charge >= 0.3 is 17.8 Å². The van der Waals surface area contributed by atoms with Crippen LogP contribution in [0.4, 0.5) is 4.79 Å². The minimum atomic E-state index is -1.28. The van der Waals surface area contributed by atoms with Crippen LogP contribution in [0.15, 0.2) is 40.1 Å². The Balaban J connectivity index is 2.34. The minimum absolute atomic E-state index is 0.195. The lowest BCUT2D eigenvalue weighted by Crippen LogP contribution is -2.50. The van der Waals surface area contributed by atoms with Crippen LogP contribution < -0.4 is 21.3 Å². The normalized spacial score (nSPS) is 11.9. The van der Waals surface area contributed by atoms with Crippen LogP contribution in [0, 0.1) is 6.92 Å². The number of aryl methyl sites for hydroxylation is 1. The van der Waals surface area contributed by atoms with E-state index >= 15 is 0 Å². The molecule has 2 rings (SSSR count). The molecule has 196 valence electrons. The molecule has 0 spiro atoms. The molecule has 0 bridgehead atoms. The molecule has 0 fully saturated rings. The van der Waals surface area contributed by atoms with Crippen LogP contribution in [-0.4, -0.2) is 69.4 Å². The molecule has 36 heavy (non-hydrogen) atoms. The summed E-state index contributed by atoms with van der Waals surface area (Å²) in [7, 11) is 1.50. The third-order valence-corrected chi connectivity index (χ3v) is 4.99. The molecule has 0 aliphatic carbocycles. The molecule has 1 aromatic heterocycles. The number of rotatable bonds is 10. The Kier molecular flexibility index (Phi) is 9.42. The highest BCUT2D eigenvalue weighted by Gasteiger charge is 2.26. The molecule has 2 aromatic rings. The number of carbonyl (C=O) groups is 3. The van der Waals surface area contributed by atoms with Crippen LogP contribution in [0.2, 0.25) is 0 Å². The first-order valence-electron chi connectivity index (χ1n) is 11.2. The molecule has 0 aliphatic heterocycles. The SMILES string of the molecule is COc1ccccc1CC(CN(CC(=O)O)C(=O)Cn1cc(C)c(=O)[nH]c1=O)NC(=O)OC(C)(C)C. The van der Waals surface area contributed by atoms with Gasteiger partial charge in [-0.1, -0.05) is 18.2 Å². The number of para-hydroxylation sites is 1. The van der Waals surface area contributed by atoms with Crippen LogP contribution in [0.25, 0.3) is 0 Å². The van der Waals surface area contributed by atoms with Crippen LogP contribution in [0.3, 0.4) is 0 Å². The van der Waals surface area contributed by atoms with Gasteiger partial charge in [-0.3, -0.25) is 23.9 Å². The van der Waals surface area contributed by atoms with Crippen molar-refractivity contribution < 1.29 is 29.0 Å². The van der Waals surface area contributed by atoms with Gasteiger partial charge < -0.3 is 24.8 Å². The van der Waals surface area contributed by atoms with Crippen molar-refractivity contribution in [3.63, 3.8) is 0 Å². The first-order valence-corrected chi connectivity index (χ1v) is 11.2. The molecule has 2 amide bonds. The van der Waals surface area contributed by atoms with Gasteiger partial charge in [-0.2, -0.15) is 0 Å². The zero-order chi connectivity index (χ0) is 27.0. The topological polar surface area (TPSA) is 160 Å². The van der Waals surface area contributed by atoms with E-state index in [4.69, 9.17) is 9.47 Å². The second-order valence-corrected chi connectivity index (χ2v) is 9.23. The maximum atomic E-state index is 13.1. The Bertz CT molecular complexity index is 1210. The van der Waals surface area contributed by atoms with Crippen molar-refractivity contribution in [1.82, 2.24) is 19.8 Å². The number of hydrogen-bond donors (Lipinski definition) is 3. The van der Waals surface area contributed by atoms with Gasteiger partial charge in [0.25, 0.3) is 5.56 Å². The summed E-state index contributed by atoms with van der Waals surface area (Å²) in [6.07, 6.45) is 0.686. The van der Waals surface area contributed by atoms with E-state index in [2.05, 4.69) is 10.3 Å². The summed E-state index contributed by atoms with van der Waals surface area (Å²) in [4.78, 5) is 64.0. The number of amides is 2. The lowest BCUT2D eigenvalue weighted by atomic mass is 10.0. The fourth-order valence-corrected chi connectivity index (χ4v) is 3.44. The summed E-state index contributed by atoms with van der Waals surface area (Å²) in [6, 6.07) is 6.34. The molecular weight excluding hydrogens is 472 g/mol. The number of aliphatic carboxylic acids is 1. The summed E-state index contributed by atoms with van der Waals surface area (Å²) in [5, 5.41) is 12.1. The first kappa shape index (κ1) is 28.1. The fraction of sp³-hybridized carbons (Fsp3) is 0.458. The van der Waals surface area contributed by atoms with Crippen LogP contribution in [-0.2, 0) is 27.3 Å². The van der Waals surface area contributed by atoms with E-state index in [1.807, 2.05) is 0 Å². The molecule has 1 unspecified atom stereocenters. The summed E-state index contributed by atoms with van der Waals surface area (Å²) >= 11 is 0. The van der Waals surface area contributed by atoms with Gasteiger partial charge in [0.2, 0.25) is 5.91 Å². The lowest BCUT2D eigenvalue weighted by molar-refractivity contribution is -0.145. The van der Waals surface area contributed by atoms with Crippen LogP contribution in [0.1, 0.15) is 31.9 Å². The van der Waals surface area contributed by atoms with Crippen LogP contribution >= 0.6 is 0 Å². The third-order valence-electron chi connectivity index (χ3n) is 4.99. The van der Waals surface area contributed by atoms with Crippen molar-refractivity contribution >= 4 is 18.0 Å². The number of aromatic amines is 1. The largest absolute Gasteiger partial charge is 0.496 e. The number of carboxylic acid groups (broad SMARTS) is 1. The van der Waals surface area contributed by atoms with Gasteiger partial charge in [-0.25, -0.2) is 9.59 Å². The van der Waals surface area contributed by atoms with E-state index in [-0.39, 0.29) is 18.5 Å². The molecular formula is C24H32N4O8. The predicted molar refractivity (Wildman–Crippen MR) is 130 cm³/mol. The first-order chi connectivity index (χ1) is 16.8. The number of aromatic nitrogens is 2. The zero-order valence-corrected chi connectivity index (χ0v) is 21.0. The van der Waals surface area contributed by atoms with Crippen LogP contribution in [0.5, 0.6) is 5.75 Å².